The van der Waals surface area contributed by atoms with E-state index in [4.69, 9.17) is 4.74 Å². The first-order chi connectivity index (χ1) is 8.29. The van der Waals surface area contributed by atoms with Crippen molar-refractivity contribution in [2.24, 2.45) is 17.8 Å². The van der Waals surface area contributed by atoms with E-state index in [-0.39, 0.29) is 0 Å². The lowest BCUT2D eigenvalue weighted by atomic mass is 9.89. The van der Waals surface area contributed by atoms with Crippen molar-refractivity contribution in [3.05, 3.63) is 0 Å². The van der Waals surface area contributed by atoms with Gasteiger partial charge in [0.1, 0.15) is 0 Å². The van der Waals surface area contributed by atoms with Crippen LogP contribution in [0.3, 0.4) is 0 Å². The van der Waals surface area contributed by atoms with Crippen molar-refractivity contribution < 1.29 is 4.74 Å². The van der Waals surface area contributed by atoms with E-state index in [1.54, 1.807) is 7.11 Å². The smallest absolute Gasteiger partial charge is 0.0587 e. The second-order valence-electron chi connectivity index (χ2n) is 5.94. The minimum atomic E-state index is 0.575. The Balaban J connectivity index is 1.52. The number of fused-ring (bicyclic) bond motifs is 2. The number of hydrogen-bond acceptors (Lipinski definition) is 3. The Hall–Kier alpha value is -0.120. The molecule has 100 valence electrons. The van der Waals surface area contributed by atoms with Crippen LogP contribution in [-0.2, 0) is 4.74 Å². The minimum Gasteiger partial charge on any atom is -0.383 e. The molecule has 0 radical (unpaired) electrons. The monoisotopic (exact) mass is 240 g/mol. The molecular formula is C14H28N2O. The SMILES string of the molecule is COCCNCC(C)NCC1CC2CCC1C2. The summed E-state index contributed by atoms with van der Waals surface area (Å²) in [6.07, 6.45) is 6.01. The van der Waals surface area contributed by atoms with Gasteiger partial charge in [-0.25, -0.2) is 0 Å². The quantitative estimate of drug-likeness (QED) is 0.633. The van der Waals surface area contributed by atoms with Gasteiger partial charge in [0.2, 0.25) is 0 Å². The number of methoxy groups -OCH3 is 1. The molecule has 2 saturated carbocycles. The van der Waals surface area contributed by atoms with Crippen LogP contribution < -0.4 is 10.6 Å². The minimum absolute atomic E-state index is 0.575. The van der Waals surface area contributed by atoms with Crippen molar-refractivity contribution >= 4 is 0 Å². The molecule has 3 nitrogen and oxygen atoms in total. The van der Waals surface area contributed by atoms with Gasteiger partial charge in [-0.15, -0.1) is 0 Å². The third-order valence-electron chi connectivity index (χ3n) is 4.55. The first-order valence-electron chi connectivity index (χ1n) is 7.22. The third-order valence-corrected chi connectivity index (χ3v) is 4.55. The number of rotatable bonds is 8. The van der Waals surface area contributed by atoms with E-state index in [1.165, 1.54) is 32.2 Å². The molecule has 0 amide bonds. The maximum absolute atomic E-state index is 5.02. The van der Waals surface area contributed by atoms with E-state index in [0.29, 0.717) is 6.04 Å². The highest BCUT2D eigenvalue weighted by Gasteiger charge is 2.38. The summed E-state index contributed by atoms with van der Waals surface area (Å²) in [4.78, 5) is 0. The van der Waals surface area contributed by atoms with E-state index in [2.05, 4.69) is 17.6 Å². The van der Waals surface area contributed by atoms with Gasteiger partial charge in [0.25, 0.3) is 0 Å². The van der Waals surface area contributed by atoms with Gasteiger partial charge in [-0.2, -0.15) is 0 Å². The molecule has 2 bridgehead atoms. The average Bonchev–Trinajstić information content (AvgIpc) is 2.94. The maximum atomic E-state index is 5.02. The van der Waals surface area contributed by atoms with Gasteiger partial charge in [-0.05, 0) is 50.5 Å². The molecule has 2 aliphatic carbocycles. The summed E-state index contributed by atoms with van der Waals surface area (Å²) in [5, 5.41) is 7.09. The number of ether oxygens (including phenoxy) is 1. The van der Waals surface area contributed by atoms with Crippen molar-refractivity contribution in [2.45, 2.75) is 38.6 Å². The highest BCUT2D eigenvalue weighted by atomic mass is 16.5. The van der Waals surface area contributed by atoms with Gasteiger partial charge in [0.15, 0.2) is 0 Å². The standard InChI is InChI=1S/C14H28N2O/c1-11(9-15-5-6-17-2)16-10-14-8-12-3-4-13(14)7-12/h11-16H,3-10H2,1-2H3. The lowest BCUT2D eigenvalue weighted by Crippen LogP contribution is -2.40. The second kappa shape index (κ2) is 6.72. The molecule has 0 heterocycles. The molecule has 0 aromatic heterocycles. The van der Waals surface area contributed by atoms with Crippen LogP contribution in [0.15, 0.2) is 0 Å². The van der Waals surface area contributed by atoms with Gasteiger partial charge in [0, 0.05) is 26.2 Å². The zero-order valence-corrected chi connectivity index (χ0v) is 11.4. The summed E-state index contributed by atoms with van der Waals surface area (Å²) in [6, 6.07) is 0.575. The van der Waals surface area contributed by atoms with Crippen LogP contribution in [0, 0.1) is 17.8 Å². The Bertz CT molecular complexity index is 222. The van der Waals surface area contributed by atoms with Crippen LogP contribution >= 0.6 is 0 Å². The largest absolute Gasteiger partial charge is 0.383 e. The zero-order valence-electron chi connectivity index (χ0n) is 11.4. The molecule has 17 heavy (non-hydrogen) atoms. The number of hydrogen-bond donors (Lipinski definition) is 2. The van der Waals surface area contributed by atoms with E-state index in [1.807, 2.05) is 0 Å². The molecule has 0 saturated heterocycles. The van der Waals surface area contributed by atoms with Crippen LogP contribution in [0.1, 0.15) is 32.6 Å². The third kappa shape index (κ3) is 3.94. The molecule has 0 aliphatic heterocycles. The lowest BCUT2D eigenvalue weighted by Gasteiger charge is -2.24. The molecular weight excluding hydrogens is 212 g/mol. The molecule has 2 N–H and O–H groups in total. The molecule has 2 fully saturated rings. The van der Waals surface area contributed by atoms with E-state index in [0.717, 1.165) is 37.5 Å². The van der Waals surface area contributed by atoms with Gasteiger partial charge < -0.3 is 15.4 Å². The summed E-state index contributed by atoms with van der Waals surface area (Å²) in [5.41, 5.74) is 0. The highest BCUT2D eigenvalue weighted by Crippen LogP contribution is 2.47. The summed E-state index contributed by atoms with van der Waals surface area (Å²) in [6.45, 7) is 6.31. The van der Waals surface area contributed by atoms with Gasteiger partial charge in [-0.1, -0.05) is 6.42 Å². The van der Waals surface area contributed by atoms with Crippen molar-refractivity contribution in [1.82, 2.24) is 10.6 Å². The van der Waals surface area contributed by atoms with Crippen LogP contribution in [0.4, 0.5) is 0 Å². The first kappa shape index (κ1) is 13.3. The van der Waals surface area contributed by atoms with E-state index in [9.17, 15) is 0 Å². The fourth-order valence-corrected chi connectivity index (χ4v) is 3.54. The van der Waals surface area contributed by atoms with Gasteiger partial charge in [0.05, 0.1) is 6.61 Å². The Kier molecular flexibility index (Phi) is 5.26. The lowest BCUT2D eigenvalue weighted by molar-refractivity contribution is 0.198. The molecule has 3 heteroatoms. The molecule has 0 aromatic carbocycles. The molecule has 2 rings (SSSR count). The van der Waals surface area contributed by atoms with Crippen LogP contribution in [0.2, 0.25) is 0 Å². The fraction of sp³-hybridized carbons (Fsp3) is 1.00. The maximum Gasteiger partial charge on any atom is 0.0587 e. The fourth-order valence-electron chi connectivity index (χ4n) is 3.54. The Labute approximate surface area is 106 Å². The Morgan fingerprint density at radius 1 is 1.29 bits per heavy atom. The van der Waals surface area contributed by atoms with Crippen LogP contribution in [0.25, 0.3) is 0 Å². The molecule has 0 aromatic rings. The summed E-state index contributed by atoms with van der Waals surface area (Å²) in [7, 11) is 1.75. The highest BCUT2D eigenvalue weighted by molar-refractivity contribution is 4.91. The predicted molar refractivity (Wildman–Crippen MR) is 71.1 cm³/mol. The molecule has 4 atom stereocenters. The molecule has 4 unspecified atom stereocenters. The van der Waals surface area contributed by atoms with Crippen molar-refractivity contribution in [2.75, 3.05) is 33.4 Å². The van der Waals surface area contributed by atoms with E-state index < -0.39 is 0 Å². The Morgan fingerprint density at radius 2 is 2.18 bits per heavy atom. The van der Waals surface area contributed by atoms with Crippen molar-refractivity contribution in [3.63, 3.8) is 0 Å². The molecule has 2 aliphatic rings. The van der Waals surface area contributed by atoms with Gasteiger partial charge in [-0.3, -0.25) is 0 Å². The average molecular weight is 240 g/mol. The Morgan fingerprint density at radius 3 is 2.82 bits per heavy atom. The summed E-state index contributed by atoms with van der Waals surface area (Å²) >= 11 is 0. The van der Waals surface area contributed by atoms with Crippen LogP contribution in [0.5, 0.6) is 0 Å². The second-order valence-corrected chi connectivity index (χ2v) is 5.94. The first-order valence-corrected chi connectivity index (χ1v) is 7.22. The van der Waals surface area contributed by atoms with Crippen LogP contribution in [-0.4, -0.2) is 39.4 Å². The topological polar surface area (TPSA) is 33.3 Å². The zero-order chi connectivity index (χ0) is 12.1. The van der Waals surface area contributed by atoms with Crippen molar-refractivity contribution in [1.29, 1.82) is 0 Å². The predicted octanol–water partition coefficient (Wildman–Crippen LogP) is 1.64. The van der Waals surface area contributed by atoms with Crippen molar-refractivity contribution in [3.8, 4) is 0 Å². The normalized spacial score (nSPS) is 33.2. The van der Waals surface area contributed by atoms with Gasteiger partial charge >= 0.3 is 0 Å². The van der Waals surface area contributed by atoms with E-state index >= 15 is 0 Å². The molecule has 0 spiro atoms. The number of nitrogens with one attached hydrogen (secondary N) is 2. The summed E-state index contributed by atoms with van der Waals surface area (Å²) < 4.78 is 5.02. The summed E-state index contributed by atoms with van der Waals surface area (Å²) in [5.74, 6) is 3.08.